The summed E-state index contributed by atoms with van der Waals surface area (Å²) in [6.07, 6.45) is 2.35. The van der Waals surface area contributed by atoms with Crippen LogP contribution in [-0.2, 0) is 11.2 Å². The lowest BCUT2D eigenvalue weighted by Crippen LogP contribution is -2.32. The van der Waals surface area contributed by atoms with E-state index < -0.39 is 0 Å². The summed E-state index contributed by atoms with van der Waals surface area (Å²) in [6, 6.07) is -0.299. The van der Waals surface area contributed by atoms with Gasteiger partial charge in [-0.2, -0.15) is 0 Å². The van der Waals surface area contributed by atoms with Gasteiger partial charge in [0.2, 0.25) is 5.91 Å². The van der Waals surface area contributed by atoms with E-state index in [9.17, 15) is 9.59 Å². The van der Waals surface area contributed by atoms with Crippen molar-refractivity contribution in [1.82, 2.24) is 15.2 Å². The highest BCUT2D eigenvalue weighted by Gasteiger charge is 2.27. The Hall–Kier alpha value is -1.43. The van der Waals surface area contributed by atoms with Crippen LogP contribution in [0.15, 0.2) is 11.6 Å². The van der Waals surface area contributed by atoms with Gasteiger partial charge in [0, 0.05) is 24.5 Å². The largest absolute Gasteiger partial charge is 0.329 e. The summed E-state index contributed by atoms with van der Waals surface area (Å²) in [5.41, 5.74) is 0. The van der Waals surface area contributed by atoms with Crippen LogP contribution in [0.1, 0.15) is 5.01 Å². The first-order valence-electron chi connectivity index (χ1n) is 4.24. The molecule has 0 saturated carbocycles. The Kier molecular flexibility index (Phi) is 2.45. The Morgan fingerprint density at radius 3 is 3.00 bits per heavy atom. The van der Waals surface area contributed by atoms with E-state index in [2.05, 4.69) is 10.3 Å². The summed E-state index contributed by atoms with van der Waals surface area (Å²) in [4.78, 5) is 27.6. The van der Waals surface area contributed by atoms with Crippen molar-refractivity contribution in [2.24, 2.45) is 0 Å². The van der Waals surface area contributed by atoms with Crippen LogP contribution in [0.25, 0.3) is 0 Å². The molecule has 1 saturated heterocycles. The molecular weight excluding hydrogens is 202 g/mol. The Labute approximate surface area is 84.7 Å². The van der Waals surface area contributed by atoms with Crippen LogP contribution in [0, 0.1) is 0 Å². The molecular formula is C8H9N3O2S. The van der Waals surface area contributed by atoms with Gasteiger partial charge in [0.1, 0.15) is 0 Å². The van der Waals surface area contributed by atoms with Gasteiger partial charge in [-0.25, -0.2) is 9.78 Å². The SMILES string of the molecule is O=C1CNC(=O)N1CCc1nccs1. The van der Waals surface area contributed by atoms with Gasteiger partial charge >= 0.3 is 6.03 Å². The number of carbonyl (C=O) groups is 2. The second-order valence-corrected chi connectivity index (χ2v) is 3.86. The third-order valence-electron chi connectivity index (χ3n) is 1.97. The smallest absolute Gasteiger partial charge is 0.324 e. The minimum absolute atomic E-state index is 0.122. The molecule has 14 heavy (non-hydrogen) atoms. The maximum Gasteiger partial charge on any atom is 0.324 e. The Balaban J connectivity index is 1.92. The van der Waals surface area contributed by atoms with E-state index in [0.29, 0.717) is 13.0 Å². The summed E-state index contributed by atoms with van der Waals surface area (Å²) >= 11 is 1.53. The average molecular weight is 211 g/mol. The number of nitrogens with one attached hydrogen (secondary N) is 1. The molecule has 1 aromatic heterocycles. The molecule has 1 aliphatic heterocycles. The predicted octanol–water partition coefficient (Wildman–Crippen LogP) is 0.237. The number of hydrogen-bond acceptors (Lipinski definition) is 4. The number of carbonyl (C=O) groups excluding carboxylic acids is 2. The molecule has 0 spiro atoms. The average Bonchev–Trinajstić information content (AvgIpc) is 2.76. The molecule has 0 aromatic carbocycles. The fraction of sp³-hybridized carbons (Fsp3) is 0.375. The number of hydrogen-bond donors (Lipinski definition) is 1. The topological polar surface area (TPSA) is 62.3 Å². The van der Waals surface area contributed by atoms with Gasteiger partial charge in [0.15, 0.2) is 0 Å². The van der Waals surface area contributed by atoms with Crippen LogP contribution in [0.2, 0.25) is 0 Å². The molecule has 0 radical (unpaired) electrons. The fourth-order valence-corrected chi connectivity index (χ4v) is 1.88. The van der Waals surface area contributed by atoms with Crippen molar-refractivity contribution in [1.29, 1.82) is 0 Å². The van der Waals surface area contributed by atoms with Crippen LogP contribution in [0.4, 0.5) is 4.79 Å². The predicted molar refractivity (Wildman–Crippen MR) is 50.9 cm³/mol. The molecule has 74 valence electrons. The van der Waals surface area contributed by atoms with Crippen molar-refractivity contribution in [3.8, 4) is 0 Å². The van der Waals surface area contributed by atoms with Gasteiger partial charge in [-0.15, -0.1) is 11.3 Å². The van der Waals surface area contributed by atoms with Gasteiger partial charge in [-0.05, 0) is 0 Å². The summed E-state index contributed by atoms with van der Waals surface area (Å²) in [5.74, 6) is -0.161. The molecule has 6 heteroatoms. The molecule has 1 N–H and O–H groups in total. The van der Waals surface area contributed by atoms with E-state index in [1.54, 1.807) is 6.20 Å². The summed E-state index contributed by atoms with van der Waals surface area (Å²) < 4.78 is 0. The van der Waals surface area contributed by atoms with Crippen LogP contribution in [0.5, 0.6) is 0 Å². The molecule has 1 fully saturated rings. The van der Waals surface area contributed by atoms with Crippen molar-refractivity contribution in [3.63, 3.8) is 0 Å². The second-order valence-electron chi connectivity index (χ2n) is 2.88. The van der Waals surface area contributed by atoms with Crippen LogP contribution in [-0.4, -0.2) is 34.9 Å². The Bertz CT molecular complexity index is 333. The third-order valence-corrected chi connectivity index (χ3v) is 2.81. The summed E-state index contributed by atoms with van der Waals surface area (Å²) in [5, 5.41) is 5.29. The van der Waals surface area contributed by atoms with Crippen molar-refractivity contribution in [3.05, 3.63) is 16.6 Å². The Morgan fingerprint density at radius 2 is 2.43 bits per heavy atom. The fourth-order valence-electron chi connectivity index (χ4n) is 1.27. The molecule has 5 nitrogen and oxygen atoms in total. The number of rotatable bonds is 3. The first-order chi connectivity index (χ1) is 6.77. The van der Waals surface area contributed by atoms with Gasteiger partial charge in [0.05, 0.1) is 11.6 Å². The van der Waals surface area contributed by atoms with E-state index in [-0.39, 0.29) is 18.5 Å². The molecule has 2 heterocycles. The molecule has 1 aliphatic rings. The number of thiazole rings is 1. The van der Waals surface area contributed by atoms with Crippen molar-refractivity contribution in [2.75, 3.05) is 13.1 Å². The standard InChI is InChI=1S/C8H9N3O2S/c12-7-5-10-8(13)11(7)3-1-6-9-2-4-14-6/h2,4H,1,3,5H2,(H,10,13). The summed E-state index contributed by atoms with van der Waals surface area (Å²) in [6.45, 7) is 0.537. The lowest BCUT2D eigenvalue weighted by Gasteiger charge is -2.10. The van der Waals surface area contributed by atoms with Crippen molar-refractivity contribution in [2.45, 2.75) is 6.42 Å². The highest BCUT2D eigenvalue weighted by atomic mass is 32.1. The van der Waals surface area contributed by atoms with Gasteiger partial charge in [0.25, 0.3) is 0 Å². The van der Waals surface area contributed by atoms with E-state index in [4.69, 9.17) is 0 Å². The molecule has 0 atom stereocenters. The van der Waals surface area contributed by atoms with Crippen LogP contribution in [0.3, 0.4) is 0 Å². The van der Waals surface area contributed by atoms with E-state index in [1.165, 1.54) is 16.2 Å². The lowest BCUT2D eigenvalue weighted by atomic mass is 10.4. The monoisotopic (exact) mass is 211 g/mol. The van der Waals surface area contributed by atoms with Crippen molar-refractivity contribution >= 4 is 23.3 Å². The zero-order valence-electron chi connectivity index (χ0n) is 7.40. The molecule has 0 unspecified atom stereocenters. The van der Waals surface area contributed by atoms with Gasteiger partial charge in [-0.1, -0.05) is 0 Å². The highest BCUT2D eigenvalue weighted by Crippen LogP contribution is 2.07. The quantitative estimate of drug-likeness (QED) is 0.728. The maximum atomic E-state index is 11.2. The first kappa shape index (κ1) is 9.14. The minimum atomic E-state index is -0.299. The van der Waals surface area contributed by atoms with E-state index in [1.807, 2.05) is 5.38 Å². The number of urea groups is 1. The van der Waals surface area contributed by atoms with Gasteiger partial charge in [-0.3, -0.25) is 9.69 Å². The lowest BCUT2D eigenvalue weighted by molar-refractivity contribution is -0.124. The minimum Gasteiger partial charge on any atom is -0.329 e. The van der Waals surface area contributed by atoms with Crippen LogP contribution < -0.4 is 5.32 Å². The first-order valence-corrected chi connectivity index (χ1v) is 5.12. The van der Waals surface area contributed by atoms with Crippen LogP contribution >= 0.6 is 11.3 Å². The van der Waals surface area contributed by atoms with E-state index in [0.717, 1.165) is 5.01 Å². The molecule has 1 aromatic rings. The number of amides is 3. The Morgan fingerprint density at radius 1 is 1.57 bits per heavy atom. The second kappa shape index (κ2) is 3.75. The molecule has 2 rings (SSSR count). The molecule has 0 bridgehead atoms. The third kappa shape index (κ3) is 1.74. The van der Waals surface area contributed by atoms with E-state index >= 15 is 0 Å². The number of imide groups is 1. The van der Waals surface area contributed by atoms with Gasteiger partial charge < -0.3 is 5.32 Å². The number of aromatic nitrogens is 1. The normalized spacial score (nSPS) is 16.1. The molecule has 3 amide bonds. The highest BCUT2D eigenvalue weighted by molar-refractivity contribution is 7.09. The number of nitrogens with zero attached hydrogens (tertiary/aromatic N) is 2. The zero-order valence-corrected chi connectivity index (χ0v) is 8.21. The molecule has 0 aliphatic carbocycles. The van der Waals surface area contributed by atoms with Crippen molar-refractivity contribution < 1.29 is 9.59 Å². The summed E-state index contributed by atoms with van der Waals surface area (Å²) in [7, 11) is 0. The zero-order chi connectivity index (χ0) is 9.97. The maximum absolute atomic E-state index is 11.2.